The topological polar surface area (TPSA) is 21.3 Å². The van der Waals surface area contributed by atoms with Gasteiger partial charge in [0.25, 0.3) is 0 Å². The van der Waals surface area contributed by atoms with Crippen molar-refractivity contribution in [1.82, 2.24) is 5.32 Å². The molecule has 2 nitrogen and oxygen atoms in total. The molecule has 0 aliphatic heterocycles. The van der Waals surface area contributed by atoms with Crippen LogP contribution in [0.3, 0.4) is 0 Å². The van der Waals surface area contributed by atoms with Crippen LogP contribution in [-0.4, -0.2) is 20.3 Å². The summed E-state index contributed by atoms with van der Waals surface area (Å²) in [5.74, 6) is 0. The summed E-state index contributed by atoms with van der Waals surface area (Å²) in [6.45, 7) is 6.10. The third-order valence-electron chi connectivity index (χ3n) is 3.80. The van der Waals surface area contributed by atoms with Crippen molar-refractivity contribution in [2.75, 3.05) is 20.3 Å². The number of hydrogen-bond acceptors (Lipinski definition) is 2. The Hall–Kier alpha value is -1.64. The Labute approximate surface area is 128 Å². The molecule has 0 fully saturated rings. The summed E-state index contributed by atoms with van der Waals surface area (Å²) < 4.78 is 5.11. The average Bonchev–Trinajstić information content (AvgIpc) is 2.54. The van der Waals surface area contributed by atoms with Crippen molar-refractivity contribution in [2.24, 2.45) is 0 Å². The molecule has 0 radical (unpaired) electrons. The zero-order chi connectivity index (χ0) is 15.1. The maximum atomic E-state index is 5.11. The number of rotatable bonds is 7. The van der Waals surface area contributed by atoms with Crippen molar-refractivity contribution >= 4 is 0 Å². The molecular weight excluding hydrogens is 258 g/mol. The molecule has 1 atom stereocenters. The Kier molecular flexibility index (Phi) is 5.97. The largest absolute Gasteiger partial charge is 0.384 e. The summed E-state index contributed by atoms with van der Waals surface area (Å²) in [4.78, 5) is 0. The normalized spacial score (nSPS) is 12.3. The monoisotopic (exact) mass is 283 g/mol. The minimum absolute atomic E-state index is 0.403. The summed E-state index contributed by atoms with van der Waals surface area (Å²) in [6.07, 6.45) is 0.968. The van der Waals surface area contributed by atoms with Crippen LogP contribution in [-0.2, 0) is 11.2 Å². The highest BCUT2D eigenvalue weighted by Crippen LogP contribution is 2.22. The Morgan fingerprint density at radius 3 is 2.05 bits per heavy atom. The first kappa shape index (κ1) is 15.7. The highest BCUT2D eigenvalue weighted by atomic mass is 16.5. The quantitative estimate of drug-likeness (QED) is 0.821. The van der Waals surface area contributed by atoms with Crippen molar-refractivity contribution in [3.05, 3.63) is 59.7 Å². The lowest BCUT2D eigenvalue weighted by Gasteiger charge is -2.13. The number of hydrogen-bond donors (Lipinski definition) is 1. The number of ether oxygens (including phenoxy) is 1. The maximum absolute atomic E-state index is 5.11. The van der Waals surface area contributed by atoms with Crippen LogP contribution in [0.4, 0.5) is 0 Å². The first-order valence-electron chi connectivity index (χ1n) is 7.66. The van der Waals surface area contributed by atoms with E-state index in [9.17, 15) is 0 Å². The van der Waals surface area contributed by atoms with Gasteiger partial charge in [-0.15, -0.1) is 0 Å². The molecule has 0 saturated carbocycles. The van der Waals surface area contributed by atoms with Gasteiger partial charge >= 0.3 is 0 Å². The van der Waals surface area contributed by atoms with E-state index in [1.54, 1.807) is 7.11 Å². The van der Waals surface area contributed by atoms with Gasteiger partial charge in [0.2, 0.25) is 0 Å². The van der Waals surface area contributed by atoms with E-state index in [4.69, 9.17) is 4.74 Å². The van der Waals surface area contributed by atoms with Crippen LogP contribution in [0.5, 0.6) is 0 Å². The Morgan fingerprint density at radius 1 is 0.952 bits per heavy atom. The number of benzene rings is 2. The van der Waals surface area contributed by atoms with E-state index in [-0.39, 0.29) is 0 Å². The number of nitrogens with one attached hydrogen (secondary N) is 1. The maximum Gasteiger partial charge on any atom is 0.0502 e. The average molecular weight is 283 g/mol. The van der Waals surface area contributed by atoms with E-state index >= 15 is 0 Å². The minimum Gasteiger partial charge on any atom is -0.384 e. The van der Waals surface area contributed by atoms with Gasteiger partial charge in [-0.2, -0.15) is 0 Å². The molecule has 0 aliphatic carbocycles. The molecule has 1 unspecified atom stereocenters. The van der Waals surface area contributed by atoms with E-state index in [2.05, 4.69) is 67.7 Å². The highest BCUT2D eigenvalue weighted by molar-refractivity contribution is 5.64. The lowest BCUT2D eigenvalue weighted by Crippen LogP contribution is -2.17. The van der Waals surface area contributed by atoms with Gasteiger partial charge in [-0.1, -0.05) is 55.5 Å². The zero-order valence-corrected chi connectivity index (χ0v) is 13.2. The highest BCUT2D eigenvalue weighted by Gasteiger charge is 2.04. The number of methoxy groups -OCH3 is 1. The van der Waals surface area contributed by atoms with E-state index in [1.807, 2.05) is 0 Å². The molecule has 0 aliphatic rings. The summed E-state index contributed by atoms with van der Waals surface area (Å²) in [5.41, 5.74) is 5.18. The molecule has 0 bridgehead atoms. The van der Waals surface area contributed by atoms with Gasteiger partial charge in [0.15, 0.2) is 0 Å². The van der Waals surface area contributed by atoms with Gasteiger partial charge in [-0.05, 0) is 42.1 Å². The molecule has 0 saturated heterocycles. The first-order valence-corrected chi connectivity index (χ1v) is 7.66. The van der Waals surface area contributed by atoms with Crippen molar-refractivity contribution in [1.29, 1.82) is 0 Å². The van der Waals surface area contributed by atoms with Crippen LogP contribution in [0.15, 0.2) is 48.5 Å². The van der Waals surface area contributed by atoms with E-state index in [1.165, 1.54) is 22.3 Å². The van der Waals surface area contributed by atoms with Crippen LogP contribution < -0.4 is 5.32 Å². The second kappa shape index (κ2) is 7.96. The molecule has 0 amide bonds. The molecule has 2 aromatic rings. The summed E-state index contributed by atoms with van der Waals surface area (Å²) in [5, 5.41) is 3.44. The summed E-state index contributed by atoms with van der Waals surface area (Å²) in [6, 6.07) is 18.0. The molecule has 0 spiro atoms. The standard InChI is InChI=1S/C19H25NO/c1-4-20-15(2)17-9-11-19(12-10-17)18-7-5-16(6-8-18)13-14-21-3/h5-12,15,20H,4,13-14H2,1-3H3. The molecule has 1 N–H and O–H groups in total. The first-order chi connectivity index (χ1) is 10.2. The molecule has 2 heteroatoms. The summed E-state index contributed by atoms with van der Waals surface area (Å²) >= 11 is 0. The van der Waals surface area contributed by atoms with Crippen molar-refractivity contribution in [3.8, 4) is 11.1 Å². The van der Waals surface area contributed by atoms with E-state index < -0.39 is 0 Å². The van der Waals surface area contributed by atoms with Crippen LogP contribution in [0.25, 0.3) is 11.1 Å². The van der Waals surface area contributed by atoms with Gasteiger partial charge in [-0.25, -0.2) is 0 Å². The summed E-state index contributed by atoms with van der Waals surface area (Å²) in [7, 11) is 1.74. The third-order valence-corrected chi connectivity index (χ3v) is 3.80. The molecule has 112 valence electrons. The van der Waals surface area contributed by atoms with E-state index in [0.29, 0.717) is 6.04 Å². The fourth-order valence-electron chi connectivity index (χ4n) is 2.47. The van der Waals surface area contributed by atoms with Crippen molar-refractivity contribution in [2.45, 2.75) is 26.3 Å². The second-order valence-corrected chi connectivity index (χ2v) is 5.34. The molecule has 0 aromatic heterocycles. The Bertz CT molecular complexity index is 530. The molecular formula is C19H25NO. The van der Waals surface area contributed by atoms with Crippen LogP contribution in [0.1, 0.15) is 31.0 Å². The smallest absolute Gasteiger partial charge is 0.0502 e. The second-order valence-electron chi connectivity index (χ2n) is 5.34. The molecule has 21 heavy (non-hydrogen) atoms. The minimum atomic E-state index is 0.403. The van der Waals surface area contributed by atoms with Crippen molar-refractivity contribution < 1.29 is 4.74 Å². The zero-order valence-electron chi connectivity index (χ0n) is 13.2. The predicted molar refractivity (Wildman–Crippen MR) is 89.5 cm³/mol. The van der Waals surface area contributed by atoms with Crippen molar-refractivity contribution in [3.63, 3.8) is 0 Å². The van der Waals surface area contributed by atoms with Crippen LogP contribution in [0.2, 0.25) is 0 Å². The van der Waals surface area contributed by atoms with Gasteiger partial charge in [0.1, 0.15) is 0 Å². The van der Waals surface area contributed by atoms with Gasteiger partial charge in [-0.3, -0.25) is 0 Å². The fourth-order valence-corrected chi connectivity index (χ4v) is 2.47. The Morgan fingerprint density at radius 2 is 1.52 bits per heavy atom. The van der Waals surface area contributed by atoms with Gasteiger partial charge < -0.3 is 10.1 Å². The van der Waals surface area contributed by atoms with Gasteiger partial charge in [0.05, 0.1) is 6.61 Å². The molecule has 2 rings (SSSR count). The van der Waals surface area contributed by atoms with Gasteiger partial charge in [0, 0.05) is 13.2 Å². The Balaban J connectivity index is 2.07. The van der Waals surface area contributed by atoms with E-state index in [0.717, 1.165) is 19.6 Å². The third kappa shape index (κ3) is 4.42. The lowest BCUT2D eigenvalue weighted by atomic mass is 10.00. The van der Waals surface area contributed by atoms with Crippen LogP contribution >= 0.6 is 0 Å². The van der Waals surface area contributed by atoms with Crippen LogP contribution in [0, 0.1) is 0 Å². The molecule has 2 aromatic carbocycles. The SMILES string of the molecule is CCNC(C)c1ccc(-c2ccc(CCOC)cc2)cc1. The predicted octanol–water partition coefficient (Wildman–Crippen LogP) is 4.21. The lowest BCUT2D eigenvalue weighted by molar-refractivity contribution is 0.202. The molecule has 0 heterocycles. The fraction of sp³-hybridized carbons (Fsp3) is 0.368.